The first-order chi connectivity index (χ1) is 7.74. The molecule has 1 rings (SSSR count). The van der Waals surface area contributed by atoms with Crippen molar-refractivity contribution >= 4 is 11.8 Å². The molecule has 1 unspecified atom stereocenters. The normalized spacial score (nSPS) is 12.2. The molecule has 0 amide bonds. The number of aliphatic hydroxyl groups excluding tert-OH is 1. The summed E-state index contributed by atoms with van der Waals surface area (Å²) in [6, 6.07) is 5.68. The summed E-state index contributed by atoms with van der Waals surface area (Å²) in [7, 11) is 3.28. The van der Waals surface area contributed by atoms with Crippen molar-refractivity contribution in [3.63, 3.8) is 0 Å². The van der Waals surface area contributed by atoms with Crippen LogP contribution in [0.4, 0.5) is 0 Å². The predicted molar refractivity (Wildman–Crippen MR) is 66.6 cm³/mol. The zero-order chi connectivity index (χ0) is 12.0. The smallest absolute Gasteiger partial charge is 0.132 e. The van der Waals surface area contributed by atoms with E-state index in [1.807, 2.05) is 18.2 Å². The molecule has 0 fully saturated rings. The van der Waals surface area contributed by atoms with E-state index in [2.05, 4.69) is 6.92 Å². The van der Waals surface area contributed by atoms with E-state index in [9.17, 15) is 5.11 Å². The Balaban J connectivity index is 2.90. The Labute approximate surface area is 101 Å². The number of hydrogen-bond donors (Lipinski definition) is 1. The molecule has 0 saturated carbocycles. The molecule has 0 bridgehead atoms. The van der Waals surface area contributed by atoms with E-state index < -0.39 is 0 Å². The highest BCUT2D eigenvalue weighted by molar-refractivity contribution is 8.00. The Hall–Kier alpha value is -0.870. The Morgan fingerprint density at radius 2 is 2.06 bits per heavy atom. The lowest BCUT2D eigenvalue weighted by molar-refractivity contribution is 0.292. The van der Waals surface area contributed by atoms with E-state index in [0.29, 0.717) is 0 Å². The monoisotopic (exact) mass is 242 g/mol. The third kappa shape index (κ3) is 3.32. The Bertz CT molecular complexity index is 324. The Kier molecular flexibility index (Phi) is 5.49. The molecule has 0 aliphatic heterocycles. The van der Waals surface area contributed by atoms with Crippen LogP contribution in [0.15, 0.2) is 23.1 Å². The molecule has 3 nitrogen and oxygen atoms in total. The van der Waals surface area contributed by atoms with Crippen molar-refractivity contribution in [1.82, 2.24) is 0 Å². The maximum absolute atomic E-state index is 9.18. The second-order valence-electron chi connectivity index (χ2n) is 3.35. The first-order valence-corrected chi connectivity index (χ1v) is 6.12. The van der Waals surface area contributed by atoms with Crippen LogP contribution in [0.5, 0.6) is 11.5 Å². The topological polar surface area (TPSA) is 38.7 Å². The number of aliphatic hydroxyl groups is 1. The SMILES string of the molecule is CCC(CO)Sc1cc(OC)ccc1OC. The van der Waals surface area contributed by atoms with Crippen molar-refractivity contribution in [2.45, 2.75) is 23.5 Å². The van der Waals surface area contributed by atoms with Gasteiger partial charge in [-0.2, -0.15) is 0 Å². The molecule has 1 aromatic carbocycles. The summed E-state index contributed by atoms with van der Waals surface area (Å²) in [6.07, 6.45) is 0.918. The van der Waals surface area contributed by atoms with Gasteiger partial charge in [-0.1, -0.05) is 6.92 Å². The van der Waals surface area contributed by atoms with Crippen molar-refractivity contribution < 1.29 is 14.6 Å². The molecule has 0 heterocycles. The van der Waals surface area contributed by atoms with Crippen LogP contribution in [0, 0.1) is 0 Å². The summed E-state index contributed by atoms with van der Waals surface area (Å²) in [5.41, 5.74) is 0. The lowest BCUT2D eigenvalue weighted by atomic mass is 10.3. The van der Waals surface area contributed by atoms with Gasteiger partial charge in [0.25, 0.3) is 0 Å². The van der Waals surface area contributed by atoms with Gasteiger partial charge in [0.1, 0.15) is 11.5 Å². The van der Waals surface area contributed by atoms with Crippen molar-refractivity contribution in [2.24, 2.45) is 0 Å². The lowest BCUT2D eigenvalue weighted by Crippen LogP contribution is -2.06. The summed E-state index contributed by atoms with van der Waals surface area (Å²) in [4.78, 5) is 1.00. The summed E-state index contributed by atoms with van der Waals surface area (Å²) < 4.78 is 10.4. The minimum atomic E-state index is 0.168. The van der Waals surface area contributed by atoms with Gasteiger partial charge in [0.2, 0.25) is 0 Å². The van der Waals surface area contributed by atoms with Crippen LogP contribution in [-0.4, -0.2) is 31.2 Å². The van der Waals surface area contributed by atoms with E-state index in [-0.39, 0.29) is 11.9 Å². The first-order valence-electron chi connectivity index (χ1n) is 5.24. The summed E-state index contributed by atoms with van der Waals surface area (Å²) in [5.74, 6) is 1.62. The fourth-order valence-electron chi connectivity index (χ4n) is 1.31. The van der Waals surface area contributed by atoms with Crippen molar-refractivity contribution in [3.8, 4) is 11.5 Å². The van der Waals surface area contributed by atoms with Gasteiger partial charge in [-0.15, -0.1) is 11.8 Å². The van der Waals surface area contributed by atoms with Gasteiger partial charge in [-0.25, -0.2) is 0 Å². The fraction of sp³-hybridized carbons (Fsp3) is 0.500. The van der Waals surface area contributed by atoms with E-state index in [1.165, 1.54) is 0 Å². The molecule has 1 atom stereocenters. The van der Waals surface area contributed by atoms with Gasteiger partial charge in [-0.05, 0) is 24.6 Å². The van der Waals surface area contributed by atoms with Crippen molar-refractivity contribution in [1.29, 1.82) is 0 Å². The molecule has 16 heavy (non-hydrogen) atoms. The van der Waals surface area contributed by atoms with Crippen LogP contribution < -0.4 is 9.47 Å². The van der Waals surface area contributed by atoms with Crippen molar-refractivity contribution in [2.75, 3.05) is 20.8 Å². The van der Waals surface area contributed by atoms with Crippen LogP contribution >= 0.6 is 11.8 Å². The molecule has 0 radical (unpaired) electrons. The quantitative estimate of drug-likeness (QED) is 0.778. The molecule has 0 spiro atoms. The summed E-state index contributed by atoms with van der Waals surface area (Å²) >= 11 is 1.61. The average Bonchev–Trinajstić information content (AvgIpc) is 2.35. The molecule has 0 saturated heterocycles. The zero-order valence-electron chi connectivity index (χ0n) is 9.90. The number of hydrogen-bond acceptors (Lipinski definition) is 4. The van der Waals surface area contributed by atoms with Gasteiger partial charge in [0.05, 0.1) is 25.7 Å². The molecule has 0 aliphatic rings. The van der Waals surface area contributed by atoms with E-state index in [1.54, 1.807) is 26.0 Å². The third-order valence-electron chi connectivity index (χ3n) is 2.32. The highest BCUT2D eigenvalue weighted by atomic mass is 32.2. The van der Waals surface area contributed by atoms with Gasteiger partial charge < -0.3 is 14.6 Å². The Morgan fingerprint density at radius 3 is 2.56 bits per heavy atom. The van der Waals surface area contributed by atoms with E-state index in [0.717, 1.165) is 22.8 Å². The van der Waals surface area contributed by atoms with Gasteiger partial charge >= 0.3 is 0 Å². The van der Waals surface area contributed by atoms with Gasteiger partial charge in [-0.3, -0.25) is 0 Å². The maximum Gasteiger partial charge on any atom is 0.132 e. The molecule has 0 aromatic heterocycles. The highest BCUT2D eigenvalue weighted by Crippen LogP contribution is 2.35. The number of rotatable bonds is 6. The lowest BCUT2D eigenvalue weighted by Gasteiger charge is -2.14. The van der Waals surface area contributed by atoms with Crippen LogP contribution in [0.25, 0.3) is 0 Å². The largest absolute Gasteiger partial charge is 0.497 e. The maximum atomic E-state index is 9.18. The second-order valence-corrected chi connectivity index (χ2v) is 4.69. The molecular weight excluding hydrogens is 224 g/mol. The molecule has 1 N–H and O–H groups in total. The van der Waals surface area contributed by atoms with Crippen molar-refractivity contribution in [3.05, 3.63) is 18.2 Å². The molecule has 0 aliphatic carbocycles. The minimum Gasteiger partial charge on any atom is -0.497 e. The van der Waals surface area contributed by atoms with Crippen LogP contribution in [0.2, 0.25) is 0 Å². The van der Waals surface area contributed by atoms with E-state index >= 15 is 0 Å². The second kappa shape index (κ2) is 6.66. The fourth-order valence-corrected chi connectivity index (χ4v) is 2.36. The molecule has 90 valence electrons. The predicted octanol–water partition coefficient (Wildman–Crippen LogP) is 2.57. The van der Waals surface area contributed by atoms with Crippen LogP contribution in [0.1, 0.15) is 13.3 Å². The van der Waals surface area contributed by atoms with E-state index in [4.69, 9.17) is 9.47 Å². The number of thioether (sulfide) groups is 1. The number of methoxy groups -OCH3 is 2. The summed E-state index contributed by atoms with van der Waals surface area (Å²) in [5, 5.41) is 9.38. The van der Waals surface area contributed by atoms with Crippen LogP contribution in [-0.2, 0) is 0 Å². The third-order valence-corrected chi connectivity index (χ3v) is 3.71. The molecule has 1 aromatic rings. The standard InChI is InChI=1S/C12H18O3S/c1-4-10(8-13)16-12-7-9(14-2)5-6-11(12)15-3/h5-7,10,13H,4,8H2,1-3H3. The Morgan fingerprint density at radius 1 is 1.31 bits per heavy atom. The zero-order valence-corrected chi connectivity index (χ0v) is 10.7. The van der Waals surface area contributed by atoms with Crippen LogP contribution in [0.3, 0.4) is 0 Å². The molecule has 4 heteroatoms. The van der Waals surface area contributed by atoms with Gasteiger partial charge in [0, 0.05) is 5.25 Å². The number of benzene rings is 1. The minimum absolute atomic E-state index is 0.168. The highest BCUT2D eigenvalue weighted by Gasteiger charge is 2.11. The molecular formula is C12H18O3S. The van der Waals surface area contributed by atoms with Gasteiger partial charge in [0.15, 0.2) is 0 Å². The first kappa shape index (κ1) is 13.2. The summed E-state index contributed by atoms with van der Waals surface area (Å²) in [6.45, 7) is 2.22. The average molecular weight is 242 g/mol. The number of ether oxygens (including phenoxy) is 2.